The van der Waals surface area contributed by atoms with Gasteiger partial charge >= 0.3 is 0 Å². The average Bonchev–Trinajstić information content (AvgIpc) is 3.46. The number of anilines is 3. The van der Waals surface area contributed by atoms with Crippen molar-refractivity contribution in [2.45, 2.75) is 25.8 Å². The summed E-state index contributed by atoms with van der Waals surface area (Å²) in [6.07, 6.45) is 2.31. The van der Waals surface area contributed by atoms with E-state index < -0.39 is 0 Å². The molecule has 7 heteroatoms. The zero-order valence-corrected chi connectivity index (χ0v) is 15.9. The van der Waals surface area contributed by atoms with Crippen LogP contribution >= 0.6 is 0 Å². The van der Waals surface area contributed by atoms with Crippen LogP contribution in [0.5, 0.6) is 0 Å². The van der Waals surface area contributed by atoms with Crippen LogP contribution in [0.4, 0.5) is 17.2 Å². The molecule has 1 aliphatic heterocycles. The Morgan fingerprint density at radius 3 is 2.44 bits per heavy atom. The molecule has 1 aromatic heterocycles. The van der Waals surface area contributed by atoms with Crippen LogP contribution in [0.25, 0.3) is 0 Å². The normalized spacial score (nSPS) is 17.6. The van der Waals surface area contributed by atoms with Crippen LogP contribution in [0, 0.1) is 6.92 Å². The van der Waals surface area contributed by atoms with Crippen molar-refractivity contribution in [3.63, 3.8) is 0 Å². The minimum absolute atomic E-state index is 0.216. The van der Waals surface area contributed by atoms with Gasteiger partial charge in [0.15, 0.2) is 0 Å². The SMILES string of the molecule is Cc1nc(NC2CC2)cc(C(=O)Nc2ccc(N3CCN(C)CC3)cc2)n1. The third kappa shape index (κ3) is 4.54. The molecule has 2 aliphatic rings. The summed E-state index contributed by atoms with van der Waals surface area (Å²) in [5.41, 5.74) is 2.34. The lowest BCUT2D eigenvalue weighted by atomic mass is 10.2. The molecule has 27 heavy (non-hydrogen) atoms. The average molecular weight is 366 g/mol. The van der Waals surface area contributed by atoms with Gasteiger partial charge in [-0.3, -0.25) is 4.79 Å². The third-order valence-electron chi connectivity index (χ3n) is 4.99. The van der Waals surface area contributed by atoms with Crippen LogP contribution in [-0.4, -0.2) is 60.0 Å². The monoisotopic (exact) mass is 366 g/mol. The van der Waals surface area contributed by atoms with Crippen molar-refractivity contribution in [3.05, 3.63) is 41.9 Å². The van der Waals surface area contributed by atoms with E-state index in [1.165, 1.54) is 5.69 Å². The molecule has 0 atom stereocenters. The number of carbonyl (C=O) groups is 1. The number of likely N-dealkylation sites (N-methyl/N-ethyl adjacent to an activating group) is 1. The molecule has 2 aromatic rings. The topological polar surface area (TPSA) is 73.4 Å². The van der Waals surface area contributed by atoms with Gasteiger partial charge < -0.3 is 20.4 Å². The summed E-state index contributed by atoms with van der Waals surface area (Å²) in [4.78, 5) is 25.9. The number of rotatable bonds is 5. The molecule has 2 heterocycles. The van der Waals surface area contributed by atoms with Crippen LogP contribution in [0.3, 0.4) is 0 Å². The maximum absolute atomic E-state index is 12.6. The largest absolute Gasteiger partial charge is 0.369 e. The van der Waals surface area contributed by atoms with E-state index in [1.807, 2.05) is 12.1 Å². The summed E-state index contributed by atoms with van der Waals surface area (Å²) in [6, 6.07) is 10.2. The van der Waals surface area contributed by atoms with Crippen molar-refractivity contribution < 1.29 is 4.79 Å². The predicted octanol–water partition coefficient (Wildman–Crippen LogP) is 2.36. The number of hydrogen-bond acceptors (Lipinski definition) is 6. The van der Waals surface area contributed by atoms with Crippen LogP contribution in [-0.2, 0) is 0 Å². The minimum Gasteiger partial charge on any atom is -0.369 e. The van der Waals surface area contributed by atoms with Crippen LogP contribution < -0.4 is 15.5 Å². The highest BCUT2D eigenvalue weighted by Crippen LogP contribution is 2.24. The highest BCUT2D eigenvalue weighted by molar-refractivity contribution is 6.03. The maximum atomic E-state index is 12.6. The van der Waals surface area contributed by atoms with Crippen molar-refractivity contribution in [1.29, 1.82) is 0 Å². The predicted molar refractivity (Wildman–Crippen MR) is 108 cm³/mol. The Hall–Kier alpha value is -2.67. The number of carbonyl (C=O) groups excluding carboxylic acids is 1. The van der Waals surface area contributed by atoms with E-state index in [0.29, 0.717) is 17.6 Å². The summed E-state index contributed by atoms with van der Waals surface area (Å²) < 4.78 is 0. The molecule has 0 spiro atoms. The van der Waals surface area contributed by atoms with Crippen molar-refractivity contribution in [3.8, 4) is 0 Å². The molecule has 4 rings (SSSR count). The highest BCUT2D eigenvalue weighted by Gasteiger charge is 2.22. The van der Waals surface area contributed by atoms with Crippen molar-refractivity contribution in [1.82, 2.24) is 14.9 Å². The van der Waals surface area contributed by atoms with Crippen molar-refractivity contribution in [2.24, 2.45) is 0 Å². The van der Waals surface area contributed by atoms with E-state index >= 15 is 0 Å². The number of aryl methyl sites for hydroxylation is 1. The Bertz CT molecular complexity index is 810. The standard InChI is InChI=1S/C20H26N6O/c1-14-21-18(13-19(22-14)23-15-3-4-15)20(27)24-16-5-7-17(8-6-16)26-11-9-25(2)10-12-26/h5-8,13,15H,3-4,9-12H2,1-2H3,(H,24,27)(H,21,22,23). The molecular formula is C20H26N6O. The lowest BCUT2D eigenvalue weighted by Gasteiger charge is -2.34. The van der Waals surface area contributed by atoms with E-state index in [1.54, 1.807) is 13.0 Å². The number of aromatic nitrogens is 2. The van der Waals surface area contributed by atoms with Crippen molar-refractivity contribution in [2.75, 3.05) is 48.8 Å². The zero-order valence-electron chi connectivity index (χ0n) is 15.9. The summed E-state index contributed by atoms with van der Waals surface area (Å²) >= 11 is 0. The van der Waals surface area contributed by atoms with Gasteiger partial charge in [-0.25, -0.2) is 9.97 Å². The third-order valence-corrected chi connectivity index (χ3v) is 4.99. The Labute approximate surface area is 159 Å². The quantitative estimate of drug-likeness (QED) is 0.846. The number of hydrogen-bond donors (Lipinski definition) is 2. The van der Waals surface area contributed by atoms with Crippen LogP contribution in [0.2, 0.25) is 0 Å². The molecule has 2 N–H and O–H groups in total. The first-order chi connectivity index (χ1) is 13.1. The van der Waals surface area contributed by atoms with E-state index in [2.05, 4.69) is 49.6 Å². The number of nitrogens with zero attached hydrogens (tertiary/aromatic N) is 4. The van der Waals surface area contributed by atoms with Gasteiger partial charge in [0.25, 0.3) is 5.91 Å². The number of nitrogens with one attached hydrogen (secondary N) is 2. The molecule has 0 radical (unpaired) electrons. The Morgan fingerprint density at radius 1 is 1.07 bits per heavy atom. The lowest BCUT2D eigenvalue weighted by molar-refractivity contribution is 0.102. The molecule has 7 nitrogen and oxygen atoms in total. The Balaban J connectivity index is 1.41. The summed E-state index contributed by atoms with van der Waals surface area (Å²) in [6.45, 7) is 6.00. The number of benzene rings is 1. The maximum Gasteiger partial charge on any atom is 0.274 e. The first kappa shape index (κ1) is 17.7. The summed E-state index contributed by atoms with van der Waals surface area (Å²) in [7, 11) is 2.15. The van der Waals surface area contributed by atoms with Gasteiger partial charge in [0.05, 0.1) is 0 Å². The molecule has 0 unspecified atom stereocenters. The van der Waals surface area contributed by atoms with Crippen LogP contribution in [0.15, 0.2) is 30.3 Å². The van der Waals surface area contributed by atoms with E-state index in [4.69, 9.17) is 0 Å². The molecule has 1 saturated carbocycles. The molecular weight excluding hydrogens is 340 g/mol. The van der Waals surface area contributed by atoms with Gasteiger partial charge in [-0.2, -0.15) is 0 Å². The fourth-order valence-electron chi connectivity index (χ4n) is 3.21. The highest BCUT2D eigenvalue weighted by atomic mass is 16.1. The summed E-state index contributed by atoms with van der Waals surface area (Å²) in [5.74, 6) is 1.10. The minimum atomic E-state index is -0.216. The molecule has 1 saturated heterocycles. The Morgan fingerprint density at radius 2 is 1.78 bits per heavy atom. The second-order valence-corrected chi connectivity index (χ2v) is 7.40. The first-order valence-corrected chi connectivity index (χ1v) is 9.54. The zero-order chi connectivity index (χ0) is 18.8. The summed E-state index contributed by atoms with van der Waals surface area (Å²) in [5, 5.41) is 6.26. The fourth-order valence-corrected chi connectivity index (χ4v) is 3.21. The van der Waals surface area contributed by atoms with E-state index in [9.17, 15) is 4.79 Å². The fraction of sp³-hybridized carbons (Fsp3) is 0.450. The molecule has 1 amide bonds. The molecule has 2 fully saturated rings. The first-order valence-electron chi connectivity index (χ1n) is 9.54. The lowest BCUT2D eigenvalue weighted by Crippen LogP contribution is -2.44. The van der Waals surface area contributed by atoms with Crippen molar-refractivity contribution >= 4 is 23.1 Å². The molecule has 1 aromatic carbocycles. The smallest absolute Gasteiger partial charge is 0.274 e. The second kappa shape index (κ2) is 7.52. The van der Waals surface area contributed by atoms with Gasteiger partial charge in [0.2, 0.25) is 0 Å². The molecule has 1 aliphatic carbocycles. The molecule has 0 bridgehead atoms. The number of piperazine rings is 1. The van der Waals surface area contributed by atoms with Crippen LogP contribution in [0.1, 0.15) is 29.2 Å². The number of amides is 1. The second-order valence-electron chi connectivity index (χ2n) is 7.40. The van der Waals surface area contributed by atoms with Gasteiger partial charge in [-0.1, -0.05) is 0 Å². The Kier molecular flexibility index (Phi) is 4.94. The molecule has 142 valence electrons. The van der Waals surface area contributed by atoms with Gasteiger partial charge in [0, 0.05) is 49.7 Å². The van der Waals surface area contributed by atoms with Gasteiger partial charge in [-0.05, 0) is 51.1 Å². The van der Waals surface area contributed by atoms with Gasteiger partial charge in [0.1, 0.15) is 17.3 Å². The van der Waals surface area contributed by atoms with Gasteiger partial charge in [-0.15, -0.1) is 0 Å². The van der Waals surface area contributed by atoms with E-state index in [0.717, 1.165) is 50.5 Å². The van der Waals surface area contributed by atoms with E-state index in [-0.39, 0.29) is 5.91 Å².